The van der Waals surface area contributed by atoms with Crippen LogP contribution in [0.5, 0.6) is 0 Å². The number of rotatable bonds is 6. The molecule has 0 spiro atoms. The zero-order valence-corrected chi connectivity index (χ0v) is 16.1. The van der Waals surface area contributed by atoms with E-state index in [1.165, 1.54) is 14.2 Å². The summed E-state index contributed by atoms with van der Waals surface area (Å²) in [5, 5.41) is 0.542. The van der Waals surface area contributed by atoms with E-state index in [-0.39, 0.29) is 24.6 Å². The van der Waals surface area contributed by atoms with E-state index < -0.39 is 11.9 Å². The van der Waals surface area contributed by atoms with E-state index in [4.69, 9.17) is 25.8 Å². The number of ether oxygens (including phenoxy) is 3. The molecule has 1 aromatic rings. The van der Waals surface area contributed by atoms with Gasteiger partial charge in [-0.15, -0.1) is 0 Å². The normalized spacial score (nSPS) is 14.3. The van der Waals surface area contributed by atoms with E-state index in [0.29, 0.717) is 10.7 Å². The molecule has 0 saturated heterocycles. The Hall–Kier alpha value is -2.25. The average molecular weight is 383 g/mol. The van der Waals surface area contributed by atoms with Crippen molar-refractivity contribution in [2.24, 2.45) is 0 Å². The number of carbonyl (C=O) groups excluding carboxylic acids is 2. The summed E-state index contributed by atoms with van der Waals surface area (Å²) in [5.41, 5.74) is 1.62. The predicted octanol–water partition coefficient (Wildman–Crippen LogP) is 2.58. The molecule has 0 bridgehead atoms. The van der Waals surface area contributed by atoms with Gasteiger partial charge in [0.25, 0.3) is 0 Å². The molecular weight excluding hydrogens is 360 g/mol. The third kappa shape index (κ3) is 3.78. The maximum atomic E-state index is 12.5. The van der Waals surface area contributed by atoms with Gasteiger partial charge in [0.15, 0.2) is 0 Å². The van der Waals surface area contributed by atoms with Crippen LogP contribution in [0.4, 0.5) is 11.4 Å². The van der Waals surface area contributed by atoms with E-state index in [1.807, 2.05) is 19.9 Å². The fourth-order valence-electron chi connectivity index (χ4n) is 2.91. The van der Waals surface area contributed by atoms with Crippen molar-refractivity contribution in [2.45, 2.75) is 13.8 Å². The predicted molar refractivity (Wildman–Crippen MR) is 99.4 cm³/mol. The Morgan fingerprint density at radius 1 is 1.19 bits per heavy atom. The molecule has 142 valence electrons. The number of nitrogens with zero attached hydrogens (tertiary/aromatic N) is 2. The highest BCUT2D eigenvalue weighted by Crippen LogP contribution is 2.39. The summed E-state index contributed by atoms with van der Waals surface area (Å²) >= 11 is 6.46. The van der Waals surface area contributed by atoms with Crippen LogP contribution in [0.1, 0.15) is 13.8 Å². The van der Waals surface area contributed by atoms with Crippen LogP contribution < -0.4 is 9.80 Å². The van der Waals surface area contributed by atoms with Crippen LogP contribution in [0.25, 0.3) is 0 Å². The van der Waals surface area contributed by atoms with Crippen LogP contribution in [0, 0.1) is 0 Å². The molecule has 7 nitrogen and oxygen atoms in total. The van der Waals surface area contributed by atoms with Gasteiger partial charge in [-0.1, -0.05) is 17.7 Å². The van der Waals surface area contributed by atoms with Crippen molar-refractivity contribution >= 4 is 34.9 Å². The fourth-order valence-corrected chi connectivity index (χ4v) is 3.20. The Morgan fingerprint density at radius 2 is 1.85 bits per heavy atom. The number of para-hydroxylation sites is 1. The Morgan fingerprint density at radius 3 is 2.42 bits per heavy atom. The van der Waals surface area contributed by atoms with Gasteiger partial charge < -0.3 is 24.0 Å². The number of benzene rings is 1. The van der Waals surface area contributed by atoms with Gasteiger partial charge in [-0.05, 0) is 26.0 Å². The van der Waals surface area contributed by atoms with Gasteiger partial charge in [0.2, 0.25) is 0 Å². The van der Waals surface area contributed by atoms with Crippen LogP contribution in [-0.2, 0) is 23.8 Å². The third-order valence-corrected chi connectivity index (χ3v) is 4.47. The maximum Gasteiger partial charge on any atom is 0.355 e. The SMILES string of the molecule is CCN(CC)c1c(Cl)cccc1N1COCC(C(=O)OC)=C1C(=O)OC. The second-order valence-electron chi connectivity index (χ2n) is 5.50. The number of halogens is 1. The molecule has 0 N–H and O–H groups in total. The topological polar surface area (TPSA) is 68.3 Å². The summed E-state index contributed by atoms with van der Waals surface area (Å²) in [7, 11) is 2.52. The highest BCUT2D eigenvalue weighted by Gasteiger charge is 2.34. The summed E-state index contributed by atoms with van der Waals surface area (Å²) in [5.74, 6) is -1.28. The highest BCUT2D eigenvalue weighted by molar-refractivity contribution is 6.34. The van der Waals surface area contributed by atoms with Crippen molar-refractivity contribution in [1.82, 2.24) is 0 Å². The lowest BCUT2D eigenvalue weighted by molar-refractivity contribution is -0.140. The van der Waals surface area contributed by atoms with Crippen LogP contribution in [-0.4, -0.2) is 52.6 Å². The molecule has 0 aliphatic carbocycles. The molecule has 0 radical (unpaired) electrons. The Labute approximate surface area is 158 Å². The van der Waals surface area contributed by atoms with Crippen molar-refractivity contribution in [1.29, 1.82) is 0 Å². The average Bonchev–Trinajstić information content (AvgIpc) is 2.68. The summed E-state index contributed by atoms with van der Waals surface area (Å²) in [6.45, 7) is 5.53. The Kier molecular flexibility index (Phi) is 6.88. The van der Waals surface area contributed by atoms with E-state index >= 15 is 0 Å². The first-order valence-corrected chi connectivity index (χ1v) is 8.66. The van der Waals surface area contributed by atoms with E-state index in [0.717, 1.165) is 18.8 Å². The number of methoxy groups -OCH3 is 2. The van der Waals surface area contributed by atoms with Crippen molar-refractivity contribution < 1.29 is 23.8 Å². The van der Waals surface area contributed by atoms with Gasteiger partial charge in [-0.3, -0.25) is 0 Å². The molecule has 8 heteroatoms. The maximum absolute atomic E-state index is 12.5. The monoisotopic (exact) mass is 382 g/mol. The third-order valence-electron chi connectivity index (χ3n) is 4.17. The molecule has 0 amide bonds. The zero-order chi connectivity index (χ0) is 19.3. The summed E-state index contributed by atoms with van der Waals surface area (Å²) in [6.07, 6.45) is 0. The minimum Gasteiger partial charge on any atom is -0.466 e. The van der Waals surface area contributed by atoms with Crippen LogP contribution in [0.2, 0.25) is 5.02 Å². The highest BCUT2D eigenvalue weighted by atomic mass is 35.5. The smallest absolute Gasteiger partial charge is 0.355 e. The van der Waals surface area contributed by atoms with E-state index in [1.54, 1.807) is 17.0 Å². The summed E-state index contributed by atoms with van der Waals surface area (Å²) in [6, 6.07) is 5.39. The molecule has 26 heavy (non-hydrogen) atoms. The largest absolute Gasteiger partial charge is 0.466 e. The summed E-state index contributed by atoms with van der Waals surface area (Å²) in [4.78, 5) is 28.3. The molecule has 0 fully saturated rings. The molecular formula is C18H23ClN2O5. The Bertz CT molecular complexity index is 716. The molecule has 1 heterocycles. The molecule has 0 unspecified atom stereocenters. The van der Waals surface area contributed by atoms with Gasteiger partial charge in [0.05, 0.1) is 42.8 Å². The minimum absolute atomic E-state index is 0.0330. The van der Waals surface area contributed by atoms with Gasteiger partial charge in [0.1, 0.15) is 12.4 Å². The molecule has 1 aliphatic heterocycles. The van der Waals surface area contributed by atoms with Gasteiger partial charge in [0, 0.05) is 13.1 Å². The lowest BCUT2D eigenvalue weighted by atomic mass is 10.1. The van der Waals surface area contributed by atoms with Crippen molar-refractivity contribution in [2.75, 3.05) is 50.4 Å². The van der Waals surface area contributed by atoms with Gasteiger partial charge >= 0.3 is 11.9 Å². The number of anilines is 2. The summed E-state index contributed by atoms with van der Waals surface area (Å²) < 4.78 is 15.2. The molecule has 0 atom stereocenters. The fraction of sp³-hybridized carbons (Fsp3) is 0.444. The quantitative estimate of drug-likeness (QED) is 0.700. The molecule has 0 aromatic heterocycles. The van der Waals surface area contributed by atoms with Crippen LogP contribution in [0.15, 0.2) is 29.5 Å². The van der Waals surface area contributed by atoms with E-state index in [9.17, 15) is 9.59 Å². The second-order valence-corrected chi connectivity index (χ2v) is 5.90. The van der Waals surface area contributed by atoms with Gasteiger partial charge in [-0.25, -0.2) is 9.59 Å². The first kappa shape index (κ1) is 20.1. The molecule has 1 aliphatic rings. The minimum atomic E-state index is -0.640. The zero-order valence-electron chi connectivity index (χ0n) is 15.4. The van der Waals surface area contributed by atoms with Crippen LogP contribution >= 0.6 is 11.6 Å². The first-order valence-electron chi connectivity index (χ1n) is 8.28. The van der Waals surface area contributed by atoms with Gasteiger partial charge in [-0.2, -0.15) is 0 Å². The standard InChI is InChI=1S/C18H23ClN2O5/c1-5-20(6-2)16-13(19)8-7-9-14(16)21-11-26-10-12(17(22)24-3)15(21)18(23)25-4/h7-9H,5-6,10-11H2,1-4H3. The van der Waals surface area contributed by atoms with E-state index in [2.05, 4.69) is 4.90 Å². The Balaban J connectivity index is 2.68. The van der Waals surface area contributed by atoms with Crippen molar-refractivity contribution in [3.8, 4) is 0 Å². The molecule has 0 saturated carbocycles. The number of hydrogen-bond acceptors (Lipinski definition) is 7. The van der Waals surface area contributed by atoms with Crippen LogP contribution in [0.3, 0.4) is 0 Å². The molecule has 1 aromatic carbocycles. The molecule has 2 rings (SSSR count). The van der Waals surface area contributed by atoms with Crippen molar-refractivity contribution in [3.63, 3.8) is 0 Å². The number of esters is 2. The van der Waals surface area contributed by atoms with Crippen molar-refractivity contribution in [3.05, 3.63) is 34.5 Å². The first-order chi connectivity index (χ1) is 12.5. The lowest BCUT2D eigenvalue weighted by Gasteiger charge is -2.35. The lowest BCUT2D eigenvalue weighted by Crippen LogP contribution is -2.39. The second kappa shape index (κ2) is 8.91. The number of hydrogen-bond donors (Lipinski definition) is 0. The number of carbonyl (C=O) groups is 2.